The minimum absolute atomic E-state index is 0.290. The molecule has 1 aliphatic rings. The van der Waals surface area contributed by atoms with Crippen LogP contribution in [0.4, 0.5) is 4.79 Å². The van der Waals surface area contributed by atoms with Crippen LogP contribution in [0.1, 0.15) is 0 Å². The third-order valence-electron chi connectivity index (χ3n) is 1.45. The molecule has 0 aliphatic carbocycles. The van der Waals surface area contributed by atoms with Crippen LogP contribution in [0.2, 0.25) is 0 Å². The fourth-order valence-corrected chi connectivity index (χ4v) is 2.71. The lowest BCUT2D eigenvalue weighted by Crippen LogP contribution is -2.59. The first-order chi connectivity index (χ1) is 5.39. The number of hydrogen-bond donors (Lipinski definition) is 1. The Morgan fingerprint density at radius 2 is 2.00 bits per heavy atom. The number of amides is 1. The van der Waals surface area contributed by atoms with Gasteiger partial charge in [0.1, 0.15) is 0 Å². The van der Waals surface area contributed by atoms with Crippen LogP contribution in [0.25, 0.3) is 0 Å². The van der Waals surface area contributed by atoms with Crippen molar-refractivity contribution in [2.24, 2.45) is 5.73 Å². The van der Waals surface area contributed by atoms with Gasteiger partial charge in [-0.15, -0.1) is 0 Å². The maximum absolute atomic E-state index is 10.7. The quantitative estimate of drug-likeness (QED) is 0.534. The third kappa shape index (κ3) is 1.55. The number of carbonyl (C=O) groups excluding carboxylic acids is 2. The maximum atomic E-state index is 10.7. The number of hydrogen-bond acceptors (Lipinski definition) is 5. The SMILES string of the molecule is NC(=O)OC1(C=O)CS(=O)(=O)C1. The van der Waals surface area contributed by atoms with E-state index in [1.165, 1.54) is 0 Å². The molecule has 6 nitrogen and oxygen atoms in total. The van der Waals surface area contributed by atoms with Crippen LogP contribution in [-0.2, 0) is 19.4 Å². The van der Waals surface area contributed by atoms with Gasteiger partial charge in [0.25, 0.3) is 0 Å². The van der Waals surface area contributed by atoms with Gasteiger partial charge in [0, 0.05) is 0 Å². The molecule has 0 saturated carbocycles. The van der Waals surface area contributed by atoms with E-state index >= 15 is 0 Å². The molecule has 0 unspecified atom stereocenters. The number of primary amides is 1. The second-order valence-electron chi connectivity index (χ2n) is 2.64. The zero-order chi connectivity index (χ0) is 9.41. The van der Waals surface area contributed by atoms with Gasteiger partial charge in [-0.25, -0.2) is 13.2 Å². The first kappa shape index (κ1) is 8.98. The Morgan fingerprint density at radius 1 is 1.50 bits per heavy atom. The number of aldehydes is 1. The van der Waals surface area contributed by atoms with E-state index in [0.717, 1.165) is 0 Å². The largest absolute Gasteiger partial charge is 0.433 e. The number of ether oxygens (including phenoxy) is 1. The first-order valence-electron chi connectivity index (χ1n) is 3.04. The monoisotopic (exact) mass is 193 g/mol. The fraction of sp³-hybridized carbons (Fsp3) is 0.600. The molecule has 0 atom stereocenters. The van der Waals surface area contributed by atoms with Gasteiger partial charge in [-0.05, 0) is 0 Å². The predicted molar refractivity (Wildman–Crippen MR) is 38.1 cm³/mol. The van der Waals surface area contributed by atoms with E-state index < -0.39 is 33.0 Å². The standard InChI is InChI=1S/C5H7NO5S/c6-4(8)11-5(1-7)2-12(9,10)3-5/h1H,2-3H2,(H2,6,8). The highest BCUT2D eigenvalue weighted by atomic mass is 32.2. The molecular weight excluding hydrogens is 186 g/mol. The minimum Gasteiger partial charge on any atom is -0.433 e. The molecule has 2 N–H and O–H groups in total. The number of carbonyl (C=O) groups is 2. The van der Waals surface area contributed by atoms with E-state index in [4.69, 9.17) is 0 Å². The Balaban J connectivity index is 2.71. The number of rotatable bonds is 2. The van der Waals surface area contributed by atoms with Gasteiger partial charge in [0.15, 0.2) is 21.7 Å². The Kier molecular flexibility index (Phi) is 1.83. The summed E-state index contributed by atoms with van der Waals surface area (Å²) in [6.07, 6.45) is -0.851. The normalized spacial score (nSPS) is 23.7. The molecule has 0 aromatic rings. The molecule has 7 heteroatoms. The van der Waals surface area contributed by atoms with Crippen molar-refractivity contribution in [3.8, 4) is 0 Å². The van der Waals surface area contributed by atoms with Gasteiger partial charge in [-0.1, -0.05) is 0 Å². The average molecular weight is 193 g/mol. The summed E-state index contributed by atoms with van der Waals surface area (Å²) >= 11 is 0. The highest BCUT2D eigenvalue weighted by molar-refractivity contribution is 7.93. The molecule has 0 aromatic heterocycles. The summed E-state index contributed by atoms with van der Waals surface area (Å²) in [7, 11) is -3.21. The molecule has 1 saturated heterocycles. The Morgan fingerprint density at radius 3 is 2.25 bits per heavy atom. The van der Waals surface area contributed by atoms with E-state index in [0.29, 0.717) is 6.29 Å². The summed E-state index contributed by atoms with van der Waals surface area (Å²) in [4.78, 5) is 20.6. The van der Waals surface area contributed by atoms with Crippen LogP contribution >= 0.6 is 0 Å². The minimum atomic E-state index is -3.21. The zero-order valence-corrected chi connectivity index (χ0v) is 6.83. The van der Waals surface area contributed by atoms with Gasteiger partial charge >= 0.3 is 6.09 Å². The van der Waals surface area contributed by atoms with Crippen LogP contribution in [0.3, 0.4) is 0 Å². The van der Waals surface area contributed by atoms with Gasteiger partial charge < -0.3 is 10.5 Å². The van der Waals surface area contributed by atoms with E-state index in [9.17, 15) is 18.0 Å². The van der Waals surface area contributed by atoms with Crippen molar-refractivity contribution in [2.45, 2.75) is 5.60 Å². The summed E-state index contributed by atoms with van der Waals surface area (Å²) < 4.78 is 25.7. The van der Waals surface area contributed by atoms with E-state index in [1.54, 1.807) is 0 Å². The highest BCUT2D eigenvalue weighted by Crippen LogP contribution is 2.25. The second-order valence-corrected chi connectivity index (χ2v) is 4.70. The summed E-state index contributed by atoms with van der Waals surface area (Å²) in [6.45, 7) is 0. The van der Waals surface area contributed by atoms with Crippen molar-refractivity contribution >= 4 is 22.2 Å². The Hall–Kier alpha value is -1.11. The average Bonchev–Trinajstić information content (AvgIpc) is 1.81. The topological polar surface area (TPSA) is 104 Å². The predicted octanol–water partition coefficient (Wildman–Crippen LogP) is -1.55. The van der Waals surface area contributed by atoms with Crippen LogP contribution in [0, 0.1) is 0 Å². The molecule has 1 amide bonds. The summed E-state index contributed by atoms with van der Waals surface area (Å²) in [5.74, 6) is -0.932. The molecule has 1 rings (SSSR count). The summed E-state index contributed by atoms with van der Waals surface area (Å²) in [6, 6.07) is 0. The number of sulfone groups is 1. The molecule has 0 radical (unpaired) electrons. The summed E-state index contributed by atoms with van der Waals surface area (Å²) in [5.41, 5.74) is 3.11. The van der Waals surface area contributed by atoms with Crippen molar-refractivity contribution in [2.75, 3.05) is 11.5 Å². The van der Waals surface area contributed by atoms with Gasteiger partial charge in [0.05, 0.1) is 11.5 Å². The fourth-order valence-electron chi connectivity index (χ4n) is 1.05. The molecule has 1 aliphatic heterocycles. The molecule has 0 aromatic carbocycles. The number of nitrogens with two attached hydrogens (primary N) is 1. The van der Waals surface area contributed by atoms with Crippen LogP contribution in [0.15, 0.2) is 0 Å². The van der Waals surface area contributed by atoms with Crippen LogP contribution in [-0.4, -0.2) is 37.9 Å². The van der Waals surface area contributed by atoms with Crippen molar-refractivity contribution in [3.63, 3.8) is 0 Å². The first-order valence-corrected chi connectivity index (χ1v) is 4.86. The third-order valence-corrected chi connectivity index (χ3v) is 3.30. The Labute approximate surface area is 68.6 Å². The van der Waals surface area contributed by atoms with Crippen molar-refractivity contribution < 1.29 is 22.7 Å². The van der Waals surface area contributed by atoms with Gasteiger partial charge in [-0.2, -0.15) is 0 Å². The smallest absolute Gasteiger partial charge is 0.405 e. The molecular formula is C5H7NO5S. The van der Waals surface area contributed by atoms with E-state index in [2.05, 4.69) is 10.5 Å². The molecule has 0 spiro atoms. The lowest BCUT2D eigenvalue weighted by molar-refractivity contribution is -0.121. The maximum Gasteiger partial charge on any atom is 0.405 e. The lowest BCUT2D eigenvalue weighted by Gasteiger charge is -2.34. The lowest BCUT2D eigenvalue weighted by atomic mass is 10.1. The summed E-state index contributed by atoms with van der Waals surface area (Å²) in [5, 5.41) is 0. The van der Waals surface area contributed by atoms with Crippen LogP contribution in [0.5, 0.6) is 0 Å². The van der Waals surface area contributed by atoms with Crippen LogP contribution < -0.4 is 5.73 Å². The van der Waals surface area contributed by atoms with Crippen molar-refractivity contribution in [1.82, 2.24) is 0 Å². The van der Waals surface area contributed by atoms with E-state index in [-0.39, 0.29) is 0 Å². The molecule has 0 bridgehead atoms. The second kappa shape index (κ2) is 2.44. The Bertz CT molecular complexity index is 307. The zero-order valence-electron chi connectivity index (χ0n) is 6.02. The van der Waals surface area contributed by atoms with Gasteiger partial charge in [-0.3, -0.25) is 4.79 Å². The van der Waals surface area contributed by atoms with Gasteiger partial charge in [0.2, 0.25) is 0 Å². The molecule has 12 heavy (non-hydrogen) atoms. The molecule has 68 valence electrons. The molecule has 1 heterocycles. The van der Waals surface area contributed by atoms with Crippen molar-refractivity contribution in [1.29, 1.82) is 0 Å². The van der Waals surface area contributed by atoms with Crippen molar-refractivity contribution in [3.05, 3.63) is 0 Å². The highest BCUT2D eigenvalue weighted by Gasteiger charge is 2.52. The van der Waals surface area contributed by atoms with E-state index in [1.807, 2.05) is 0 Å². The molecule has 1 fully saturated rings.